The third-order valence-corrected chi connectivity index (χ3v) is 3.51. The lowest BCUT2D eigenvalue weighted by Gasteiger charge is -2.25. The van der Waals surface area contributed by atoms with E-state index in [9.17, 15) is 9.59 Å². The Bertz CT molecular complexity index is 739. The lowest BCUT2D eigenvalue weighted by atomic mass is 9.93. The molecule has 2 aromatic rings. The van der Waals surface area contributed by atoms with Crippen LogP contribution in [0.25, 0.3) is 0 Å². The maximum Gasteiger partial charge on any atom is 0.294 e. The summed E-state index contributed by atoms with van der Waals surface area (Å²) in [4.78, 5) is 23.8. The molecule has 6 nitrogen and oxygen atoms in total. The van der Waals surface area contributed by atoms with Gasteiger partial charge in [-0.25, -0.2) is 0 Å². The van der Waals surface area contributed by atoms with Crippen molar-refractivity contribution in [2.75, 3.05) is 5.43 Å². The molecule has 1 aromatic carbocycles. The average molecular weight is 291 g/mol. The topological polar surface area (TPSA) is 76.9 Å². The van der Waals surface area contributed by atoms with Crippen LogP contribution in [-0.2, 0) is 4.79 Å². The zero-order valence-corrected chi connectivity index (χ0v) is 11.4. The van der Waals surface area contributed by atoms with Gasteiger partial charge in [0.2, 0.25) is 5.91 Å². The first kappa shape index (κ1) is 12.8. The summed E-state index contributed by atoms with van der Waals surface area (Å²) in [5.74, 6) is -0.101. The van der Waals surface area contributed by atoms with Crippen LogP contribution in [0.15, 0.2) is 29.1 Å². The maximum atomic E-state index is 12.0. The van der Waals surface area contributed by atoms with Crippen LogP contribution in [0.1, 0.15) is 29.4 Å². The molecule has 3 rings (SSSR count). The van der Waals surface area contributed by atoms with Crippen molar-refractivity contribution in [2.45, 2.75) is 19.3 Å². The van der Waals surface area contributed by atoms with E-state index in [2.05, 4.69) is 15.6 Å². The molecule has 0 spiro atoms. The molecule has 0 fully saturated rings. The first-order valence-corrected chi connectivity index (χ1v) is 6.45. The molecule has 1 atom stereocenters. The number of nitrogens with one attached hydrogen (secondary N) is 1. The summed E-state index contributed by atoms with van der Waals surface area (Å²) < 4.78 is 1.17. The Kier molecular flexibility index (Phi) is 3.02. The number of rotatable bonds is 1. The molecule has 0 saturated heterocycles. The van der Waals surface area contributed by atoms with Crippen molar-refractivity contribution < 1.29 is 4.79 Å². The number of halogens is 1. The van der Waals surface area contributed by atoms with Crippen LogP contribution in [0, 0.1) is 6.92 Å². The third kappa shape index (κ3) is 2.08. The molecule has 0 aliphatic carbocycles. The molecule has 0 saturated carbocycles. The molecule has 0 bridgehead atoms. The van der Waals surface area contributed by atoms with E-state index in [1.807, 2.05) is 12.1 Å². The number of aryl methyl sites for hydroxylation is 1. The van der Waals surface area contributed by atoms with Crippen LogP contribution >= 0.6 is 11.6 Å². The van der Waals surface area contributed by atoms with E-state index < -0.39 is 0 Å². The number of carbonyl (C=O) groups excluding carboxylic acids is 1. The minimum atomic E-state index is -0.359. The number of hydrogen-bond donors (Lipinski definition) is 1. The van der Waals surface area contributed by atoms with Crippen LogP contribution in [0.2, 0.25) is 5.02 Å². The van der Waals surface area contributed by atoms with Crippen molar-refractivity contribution >= 4 is 17.5 Å². The van der Waals surface area contributed by atoms with Gasteiger partial charge in [-0.05, 0) is 24.6 Å². The predicted octanol–water partition coefficient (Wildman–Crippen LogP) is 1.21. The number of benzene rings is 1. The molecule has 20 heavy (non-hydrogen) atoms. The molecule has 1 amide bonds. The highest BCUT2D eigenvalue weighted by atomic mass is 35.5. The van der Waals surface area contributed by atoms with Gasteiger partial charge in [0, 0.05) is 11.4 Å². The van der Waals surface area contributed by atoms with Crippen LogP contribution in [-0.4, -0.2) is 20.8 Å². The fraction of sp³-hybridized carbons (Fsp3) is 0.231. The van der Waals surface area contributed by atoms with Gasteiger partial charge < -0.3 is 0 Å². The standard InChI is InChI=1S/C13H11ClN4O2/c1-7-13(20)18-12(16-15-7)10(6-11(19)17-18)8-2-4-9(14)5-3-8/h2-5,10H,6H2,1H3,(H,17,19). The Balaban J connectivity index is 2.16. The lowest BCUT2D eigenvalue weighted by Crippen LogP contribution is -2.43. The van der Waals surface area contributed by atoms with Gasteiger partial charge >= 0.3 is 0 Å². The normalized spacial score (nSPS) is 17.5. The molecular formula is C13H11ClN4O2. The van der Waals surface area contributed by atoms with E-state index in [0.29, 0.717) is 10.8 Å². The van der Waals surface area contributed by atoms with E-state index in [1.165, 1.54) is 4.68 Å². The zero-order chi connectivity index (χ0) is 14.3. The van der Waals surface area contributed by atoms with Crippen LogP contribution < -0.4 is 11.0 Å². The van der Waals surface area contributed by atoms with Crippen molar-refractivity contribution in [1.82, 2.24) is 14.9 Å². The lowest BCUT2D eigenvalue weighted by molar-refractivity contribution is -0.118. The smallest absolute Gasteiger partial charge is 0.273 e. The van der Waals surface area contributed by atoms with Gasteiger partial charge in [0.15, 0.2) is 5.82 Å². The van der Waals surface area contributed by atoms with Crippen molar-refractivity contribution in [3.8, 4) is 0 Å². The molecule has 102 valence electrons. The predicted molar refractivity (Wildman–Crippen MR) is 73.3 cm³/mol. The Morgan fingerprint density at radius 1 is 1.25 bits per heavy atom. The molecular weight excluding hydrogens is 280 g/mol. The quantitative estimate of drug-likeness (QED) is 0.856. The number of carbonyl (C=O) groups is 1. The van der Waals surface area contributed by atoms with Gasteiger partial charge in [-0.3, -0.25) is 15.0 Å². The summed E-state index contributed by atoms with van der Waals surface area (Å²) >= 11 is 5.86. The first-order chi connectivity index (χ1) is 9.56. The number of fused-ring (bicyclic) bond motifs is 1. The van der Waals surface area contributed by atoms with Crippen molar-refractivity contribution in [1.29, 1.82) is 0 Å². The van der Waals surface area contributed by atoms with Gasteiger partial charge in [0.05, 0.1) is 5.92 Å². The second-order valence-electron chi connectivity index (χ2n) is 4.63. The monoisotopic (exact) mass is 290 g/mol. The Labute approximate surface area is 119 Å². The van der Waals surface area contributed by atoms with Crippen molar-refractivity contribution in [3.05, 3.63) is 56.7 Å². The highest BCUT2D eigenvalue weighted by Crippen LogP contribution is 2.28. The number of aromatic nitrogens is 3. The largest absolute Gasteiger partial charge is 0.294 e. The molecule has 0 radical (unpaired) electrons. The van der Waals surface area contributed by atoms with Gasteiger partial charge in [-0.1, -0.05) is 23.7 Å². The molecule has 2 heterocycles. The maximum absolute atomic E-state index is 12.0. The number of amides is 1. The molecule has 1 aliphatic heterocycles. The van der Waals surface area contributed by atoms with E-state index in [4.69, 9.17) is 11.6 Å². The molecule has 1 N–H and O–H groups in total. The molecule has 1 aromatic heterocycles. The highest BCUT2D eigenvalue weighted by molar-refractivity contribution is 6.30. The Morgan fingerprint density at radius 2 is 1.95 bits per heavy atom. The summed E-state index contributed by atoms with van der Waals surface area (Å²) in [6.07, 6.45) is 0.221. The van der Waals surface area contributed by atoms with Crippen LogP contribution in [0.5, 0.6) is 0 Å². The summed E-state index contributed by atoms with van der Waals surface area (Å²) in [5.41, 5.74) is 3.27. The fourth-order valence-corrected chi connectivity index (χ4v) is 2.35. The van der Waals surface area contributed by atoms with E-state index in [0.717, 1.165) is 5.56 Å². The van der Waals surface area contributed by atoms with E-state index in [-0.39, 0.29) is 29.5 Å². The Hall–Kier alpha value is -2.21. The first-order valence-electron chi connectivity index (χ1n) is 6.08. The summed E-state index contributed by atoms with van der Waals surface area (Å²) in [7, 11) is 0. The van der Waals surface area contributed by atoms with Gasteiger partial charge in [-0.15, -0.1) is 10.2 Å². The van der Waals surface area contributed by atoms with Crippen LogP contribution in [0.4, 0.5) is 0 Å². The molecule has 1 unspecified atom stereocenters. The second kappa shape index (κ2) is 4.72. The minimum absolute atomic E-state index is 0.221. The second-order valence-corrected chi connectivity index (χ2v) is 5.06. The SMILES string of the molecule is Cc1nnc2n(c1=O)NC(=O)CC2c1ccc(Cl)cc1. The number of hydrogen-bond acceptors (Lipinski definition) is 4. The van der Waals surface area contributed by atoms with Gasteiger partial charge in [-0.2, -0.15) is 4.68 Å². The zero-order valence-electron chi connectivity index (χ0n) is 10.6. The number of nitrogens with zero attached hydrogens (tertiary/aromatic N) is 3. The summed E-state index contributed by atoms with van der Waals surface area (Å²) in [6.45, 7) is 1.56. The molecule has 7 heteroatoms. The Morgan fingerprint density at radius 3 is 2.65 bits per heavy atom. The van der Waals surface area contributed by atoms with Crippen molar-refractivity contribution in [2.24, 2.45) is 0 Å². The van der Waals surface area contributed by atoms with Gasteiger partial charge in [0.25, 0.3) is 5.56 Å². The highest BCUT2D eigenvalue weighted by Gasteiger charge is 2.29. The minimum Gasteiger partial charge on any atom is -0.273 e. The average Bonchev–Trinajstić information content (AvgIpc) is 2.43. The fourth-order valence-electron chi connectivity index (χ4n) is 2.22. The van der Waals surface area contributed by atoms with Crippen LogP contribution in [0.3, 0.4) is 0 Å². The van der Waals surface area contributed by atoms with E-state index >= 15 is 0 Å². The third-order valence-electron chi connectivity index (χ3n) is 3.25. The summed E-state index contributed by atoms with van der Waals surface area (Å²) in [5, 5.41) is 8.52. The van der Waals surface area contributed by atoms with Gasteiger partial charge in [0.1, 0.15) is 5.69 Å². The van der Waals surface area contributed by atoms with Crippen molar-refractivity contribution in [3.63, 3.8) is 0 Å². The molecule has 1 aliphatic rings. The summed E-state index contributed by atoms with van der Waals surface area (Å²) in [6, 6.07) is 7.13. The van der Waals surface area contributed by atoms with E-state index in [1.54, 1.807) is 19.1 Å².